The van der Waals surface area contributed by atoms with Gasteiger partial charge in [-0.15, -0.1) is 0 Å². The van der Waals surface area contributed by atoms with Gasteiger partial charge in [0.05, 0.1) is 29.3 Å². The zero-order valence-electron chi connectivity index (χ0n) is 17.1. The largest absolute Gasteiger partial charge is 0.385 e. The zero-order valence-corrected chi connectivity index (χ0v) is 17.1. The first-order valence-electron chi connectivity index (χ1n) is 9.86. The molecular weight excluding hydrogens is 370 g/mol. The molecule has 3 atom stereocenters. The highest BCUT2D eigenvalue weighted by molar-refractivity contribution is 5.88. The summed E-state index contributed by atoms with van der Waals surface area (Å²) in [4.78, 5) is 24.3. The highest BCUT2D eigenvalue weighted by Gasteiger charge is 2.31. The predicted octanol–water partition coefficient (Wildman–Crippen LogP) is 2.00. The van der Waals surface area contributed by atoms with Crippen molar-refractivity contribution in [1.29, 1.82) is 5.26 Å². The van der Waals surface area contributed by atoms with Gasteiger partial charge in [-0.3, -0.25) is 4.79 Å². The molecular formula is C21H27N5O3. The topological polar surface area (TPSA) is 100 Å². The number of fused-ring (bicyclic) bond motifs is 1. The molecule has 154 valence electrons. The van der Waals surface area contributed by atoms with E-state index in [0.29, 0.717) is 49.7 Å². The van der Waals surface area contributed by atoms with Gasteiger partial charge in [-0.05, 0) is 32.4 Å². The van der Waals surface area contributed by atoms with Gasteiger partial charge in [0.25, 0.3) is 0 Å². The van der Waals surface area contributed by atoms with E-state index in [9.17, 15) is 10.1 Å². The van der Waals surface area contributed by atoms with E-state index in [1.807, 2.05) is 38.1 Å². The molecule has 1 saturated heterocycles. The standard InChI is InChI=1S/C21H27N5O3/c1-14-12-26(13-15(2)29-14)20-19(24-17-7-4-5-8-18(17)25-20)16(11-22)21(27)23-9-6-10-28-3/h4-5,7-8,14-16H,6,9-10,12-13H2,1-3H3,(H,23,27)/t14-,15-,16+/m0/s1. The number of benzene rings is 1. The average Bonchev–Trinajstić information content (AvgIpc) is 2.70. The third kappa shape index (κ3) is 5.00. The molecule has 1 amide bonds. The number of nitrogens with one attached hydrogen (secondary N) is 1. The number of hydrogen-bond donors (Lipinski definition) is 1. The highest BCUT2D eigenvalue weighted by Crippen LogP contribution is 2.29. The van der Waals surface area contributed by atoms with Crippen molar-refractivity contribution in [3.63, 3.8) is 0 Å². The molecule has 1 aromatic heterocycles. The summed E-state index contributed by atoms with van der Waals surface area (Å²) in [6.45, 7) is 6.23. The van der Waals surface area contributed by atoms with E-state index >= 15 is 0 Å². The van der Waals surface area contributed by atoms with Crippen molar-refractivity contribution in [3.8, 4) is 6.07 Å². The van der Waals surface area contributed by atoms with Crippen molar-refractivity contribution in [3.05, 3.63) is 30.0 Å². The minimum Gasteiger partial charge on any atom is -0.385 e. The summed E-state index contributed by atoms with van der Waals surface area (Å²) in [5, 5.41) is 12.6. The Morgan fingerprint density at radius 3 is 2.59 bits per heavy atom. The molecule has 8 heteroatoms. The zero-order chi connectivity index (χ0) is 20.8. The molecule has 0 unspecified atom stereocenters. The van der Waals surface area contributed by atoms with Gasteiger partial charge in [-0.25, -0.2) is 9.97 Å². The summed E-state index contributed by atoms with van der Waals surface area (Å²) in [5.74, 6) is -0.841. The Hall–Kier alpha value is -2.76. The maximum absolute atomic E-state index is 12.8. The Labute approximate surface area is 170 Å². The van der Waals surface area contributed by atoms with Gasteiger partial charge < -0.3 is 19.7 Å². The number of carbonyl (C=O) groups is 1. The lowest BCUT2D eigenvalue weighted by Gasteiger charge is -2.37. The quantitative estimate of drug-likeness (QED) is 0.713. The van der Waals surface area contributed by atoms with Crippen LogP contribution in [0.3, 0.4) is 0 Å². The van der Waals surface area contributed by atoms with Crippen LogP contribution in [-0.2, 0) is 14.3 Å². The normalized spacial score (nSPS) is 20.3. The van der Waals surface area contributed by atoms with Crippen LogP contribution in [0.15, 0.2) is 24.3 Å². The third-order valence-electron chi connectivity index (χ3n) is 4.79. The predicted molar refractivity (Wildman–Crippen MR) is 110 cm³/mol. The van der Waals surface area contributed by atoms with Crippen LogP contribution < -0.4 is 10.2 Å². The van der Waals surface area contributed by atoms with Crippen LogP contribution in [0, 0.1) is 11.3 Å². The molecule has 0 saturated carbocycles. The number of para-hydroxylation sites is 2. The summed E-state index contributed by atoms with van der Waals surface area (Å²) in [5.41, 5.74) is 1.78. The molecule has 0 spiro atoms. The van der Waals surface area contributed by atoms with E-state index in [0.717, 1.165) is 5.52 Å². The average molecular weight is 397 g/mol. The van der Waals surface area contributed by atoms with Gasteiger partial charge in [0.1, 0.15) is 5.69 Å². The smallest absolute Gasteiger partial charge is 0.243 e. The Morgan fingerprint density at radius 1 is 1.31 bits per heavy atom. The fourth-order valence-electron chi connectivity index (χ4n) is 3.56. The molecule has 1 aliphatic heterocycles. The van der Waals surface area contributed by atoms with Gasteiger partial charge >= 0.3 is 0 Å². The van der Waals surface area contributed by atoms with Gasteiger partial charge in [0.2, 0.25) is 5.91 Å². The number of morpholine rings is 1. The summed E-state index contributed by atoms with van der Waals surface area (Å²) in [6, 6.07) is 9.61. The number of ether oxygens (including phenoxy) is 2. The second-order valence-corrected chi connectivity index (χ2v) is 7.28. The Kier molecular flexibility index (Phi) is 6.96. The Morgan fingerprint density at radius 2 is 1.97 bits per heavy atom. The molecule has 3 rings (SSSR count). The van der Waals surface area contributed by atoms with Crippen LogP contribution in [0.4, 0.5) is 5.82 Å². The van der Waals surface area contributed by atoms with E-state index in [1.165, 1.54) is 0 Å². The van der Waals surface area contributed by atoms with Crippen LogP contribution in [0.2, 0.25) is 0 Å². The van der Waals surface area contributed by atoms with Crippen molar-refractivity contribution in [2.75, 3.05) is 38.3 Å². The maximum atomic E-state index is 12.8. The maximum Gasteiger partial charge on any atom is 0.243 e. The molecule has 1 N–H and O–H groups in total. The number of nitrogens with zero attached hydrogens (tertiary/aromatic N) is 4. The van der Waals surface area contributed by atoms with Crippen LogP contribution in [0.25, 0.3) is 11.0 Å². The number of rotatable bonds is 7. The van der Waals surface area contributed by atoms with E-state index in [4.69, 9.17) is 14.5 Å². The third-order valence-corrected chi connectivity index (χ3v) is 4.79. The summed E-state index contributed by atoms with van der Waals surface area (Å²) < 4.78 is 10.8. The van der Waals surface area contributed by atoms with Crippen molar-refractivity contribution < 1.29 is 14.3 Å². The summed E-state index contributed by atoms with van der Waals surface area (Å²) in [6.07, 6.45) is 0.710. The van der Waals surface area contributed by atoms with Crippen molar-refractivity contribution >= 4 is 22.8 Å². The monoisotopic (exact) mass is 397 g/mol. The van der Waals surface area contributed by atoms with E-state index < -0.39 is 5.92 Å². The molecule has 2 aromatic rings. The molecule has 8 nitrogen and oxygen atoms in total. The molecule has 1 aromatic carbocycles. The first kappa shape index (κ1) is 21.0. The van der Waals surface area contributed by atoms with Crippen molar-refractivity contribution in [2.45, 2.75) is 38.4 Å². The molecule has 29 heavy (non-hydrogen) atoms. The van der Waals surface area contributed by atoms with Crippen molar-refractivity contribution in [2.24, 2.45) is 0 Å². The number of nitriles is 1. The summed E-state index contributed by atoms with van der Waals surface area (Å²) >= 11 is 0. The van der Waals surface area contributed by atoms with E-state index in [-0.39, 0.29) is 18.1 Å². The molecule has 0 aliphatic carbocycles. The SMILES string of the molecule is COCCCNC(=O)[C@H](C#N)c1nc2ccccc2nc1N1C[C@H](C)O[C@@H](C)C1. The minimum atomic E-state index is -1.04. The van der Waals surface area contributed by atoms with E-state index in [1.54, 1.807) is 7.11 Å². The lowest BCUT2D eigenvalue weighted by Crippen LogP contribution is -2.46. The van der Waals surface area contributed by atoms with Crippen LogP contribution in [0.1, 0.15) is 31.9 Å². The highest BCUT2D eigenvalue weighted by atomic mass is 16.5. The number of methoxy groups -OCH3 is 1. The molecule has 0 radical (unpaired) electrons. The van der Waals surface area contributed by atoms with Gasteiger partial charge in [-0.1, -0.05) is 12.1 Å². The van der Waals surface area contributed by atoms with Crippen LogP contribution in [0.5, 0.6) is 0 Å². The van der Waals surface area contributed by atoms with Gasteiger partial charge in [0, 0.05) is 33.4 Å². The summed E-state index contributed by atoms with van der Waals surface area (Å²) in [7, 11) is 1.61. The van der Waals surface area contributed by atoms with E-state index in [2.05, 4.69) is 21.3 Å². The van der Waals surface area contributed by atoms with Crippen LogP contribution in [-0.4, -0.2) is 61.4 Å². The number of carbonyl (C=O) groups excluding carboxylic acids is 1. The number of aromatic nitrogens is 2. The lowest BCUT2D eigenvalue weighted by molar-refractivity contribution is -0.121. The Bertz CT molecular complexity index is 888. The fourth-order valence-corrected chi connectivity index (χ4v) is 3.56. The first-order valence-corrected chi connectivity index (χ1v) is 9.86. The van der Waals surface area contributed by atoms with Crippen molar-refractivity contribution in [1.82, 2.24) is 15.3 Å². The fraction of sp³-hybridized carbons (Fsp3) is 0.524. The molecule has 2 heterocycles. The lowest BCUT2D eigenvalue weighted by atomic mass is 10.0. The second-order valence-electron chi connectivity index (χ2n) is 7.28. The number of amides is 1. The molecule has 1 aliphatic rings. The molecule has 1 fully saturated rings. The van der Waals surface area contributed by atoms with Gasteiger partial charge in [-0.2, -0.15) is 5.26 Å². The second kappa shape index (κ2) is 9.63. The molecule has 0 bridgehead atoms. The Balaban J connectivity index is 1.97. The number of hydrogen-bond acceptors (Lipinski definition) is 7. The van der Waals surface area contributed by atoms with Gasteiger partial charge in [0.15, 0.2) is 11.7 Å². The minimum absolute atomic E-state index is 0.0169. The first-order chi connectivity index (χ1) is 14.0. The number of anilines is 1. The van der Waals surface area contributed by atoms with Crippen LogP contribution >= 0.6 is 0 Å².